The summed E-state index contributed by atoms with van der Waals surface area (Å²) in [6.07, 6.45) is -0.317. The molecule has 1 aliphatic heterocycles. The van der Waals surface area contributed by atoms with Crippen molar-refractivity contribution < 1.29 is 22.7 Å². The highest BCUT2D eigenvalue weighted by atomic mass is 35.5. The zero-order valence-corrected chi connectivity index (χ0v) is 25.2. The number of fused-ring (bicyclic) bond motifs is 1. The molecule has 8 nitrogen and oxygen atoms in total. The number of rotatable bonds is 10. The van der Waals surface area contributed by atoms with E-state index in [2.05, 4.69) is 5.32 Å². The van der Waals surface area contributed by atoms with E-state index < -0.39 is 28.6 Å². The van der Waals surface area contributed by atoms with Gasteiger partial charge >= 0.3 is 0 Å². The van der Waals surface area contributed by atoms with Gasteiger partial charge < -0.3 is 15.0 Å². The predicted octanol–water partition coefficient (Wildman–Crippen LogP) is 4.99. The van der Waals surface area contributed by atoms with E-state index in [-0.39, 0.29) is 23.9 Å². The molecular formula is C33H32ClN3O5S. The van der Waals surface area contributed by atoms with E-state index in [0.717, 1.165) is 15.4 Å². The second-order valence-electron chi connectivity index (χ2n) is 10.3. The van der Waals surface area contributed by atoms with Crippen molar-refractivity contribution in [2.24, 2.45) is 0 Å². The number of nitrogens with one attached hydrogen (secondary N) is 1. The minimum Gasteiger partial charge on any atom is -0.477 e. The van der Waals surface area contributed by atoms with Crippen LogP contribution in [-0.2, 0) is 32.6 Å². The molecular weight excluding hydrogens is 586 g/mol. The quantitative estimate of drug-likeness (QED) is 0.270. The van der Waals surface area contributed by atoms with Crippen molar-refractivity contribution >= 4 is 39.1 Å². The van der Waals surface area contributed by atoms with Gasteiger partial charge in [0.1, 0.15) is 5.75 Å². The number of ether oxygens (including phenoxy) is 1. The van der Waals surface area contributed by atoms with Gasteiger partial charge in [-0.05, 0) is 60.9 Å². The lowest BCUT2D eigenvalue weighted by molar-refractivity contribution is -0.128. The number of sulfonamides is 1. The van der Waals surface area contributed by atoms with Crippen LogP contribution in [0.2, 0.25) is 5.02 Å². The summed E-state index contributed by atoms with van der Waals surface area (Å²) >= 11 is 6.05. The molecule has 4 aromatic rings. The number of carbonyl (C=O) groups is 2. The number of hydrogen-bond acceptors (Lipinski definition) is 5. The molecule has 1 N–H and O–H groups in total. The Hall–Kier alpha value is -4.18. The molecule has 0 fully saturated rings. The fourth-order valence-corrected chi connectivity index (χ4v) is 6.31. The van der Waals surface area contributed by atoms with Gasteiger partial charge in [-0.3, -0.25) is 9.59 Å². The number of halogens is 1. The smallest absolute Gasteiger partial charge is 0.262 e. The number of carbonyl (C=O) groups excluding carboxylic acids is 2. The van der Waals surface area contributed by atoms with Crippen molar-refractivity contribution in [2.45, 2.75) is 30.9 Å². The van der Waals surface area contributed by atoms with Crippen LogP contribution in [0.15, 0.2) is 108 Å². The van der Waals surface area contributed by atoms with Gasteiger partial charge in [-0.25, -0.2) is 8.42 Å². The van der Waals surface area contributed by atoms with Gasteiger partial charge in [0.05, 0.1) is 23.7 Å². The second-order valence-corrected chi connectivity index (χ2v) is 12.7. The summed E-state index contributed by atoms with van der Waals surface area (Å²) in [7, 11) is -4.06. The standard InChI is InChI=1S/C33H32ClN3O5S/c1-24-11-17-28(18-12-24)43(40,41)36(21-26-13-15-27(34)16-14-26)23-32(38)37-22-31(42-30-10-6-5-9-29(30)37)33(39)35-20-19-25-7-3-2-4-8-25/h2-18,31H,19-23H2,1H3,(H,35,39). The molecule has 43 heavy (non-hydrogen) atoms. The van der Waals surface area contributed by atoms with Gasteiger partial charge in [0.15, 0.2) is 6.10 Å². The molecule has 0 bridgehead atoms. The van der Waals surface area contributed by atoms with Crippen LogP contribution in [0.5, 0.6) is 5.75 Å². The largest absolute Gasteiger partial charge is 0.477 e. The van der Waals surface area contributed by atoms with E-state index in [9.17, 15) is 18.0 Å². The Morgan fingerprint density at radius 1 is 0.907 bits per heavy atom. The monoisotopic (exact) mass is 617 g/mol. The lowest BCUT2D eigenvalue weighted by Gasteiger charge is -2.35. The molecule has 0 spiro atoms. The van der Waals surface area contributed by atoms with Gasteiger partial charge in [0.25, 0.3) is 5.91 Å². The van der Waals surface area contributed by atoms with Gasteiger partial charge in [0, 0.05) is 18.1 Å². The number of aryl methyl sites for hydroxylation is 1. The second kappa shape index (κ2) is 13.4. The van der Waals surface area contributed by atoms with Crippen LogP contribution >= 0.6 is 11.6 Å². The van der Waals surface area contributed by atoms with E-state index in [4.69, 9.17) is 16.3 Å². The fraction of sp³-hybridized carbons (Fsp3) is 0.212. The van der Waals surface area contributed by atoms with Crippen molar-refractivity contribution in [1.29, 1.82) is 0 Å². The van der Waals surface area contributed by atoms with E-state index in [1.165, 1.54) is 17.0 Å². The third-order valence-corrected chi connectivity index (χ3v) is 9.22. The maximum absolute atomic E-state index is 13.9. The summed E-state index contributed by atoms with van der Waals surface area (Å²) in [5, 5.41) is 3.42. The van der Waals surface area contributed by atoms with Crippen LogP contribution in [0.3, 0.4) is 0 Å². The molecule has 5 rings (SSSR count). The Morgan fingerprint density at radius 3 is 2.30 bits per heavy atom. The average Bonchev–Trinajstić information content (AvgIpc) is 3.01. The van der Waals surface area contributed by atoms with E-state index in [1.54, 1.807) is 60.7 Å². The Kier molecular flexibility index (Phi) is 9.45. The molecule has 2 amide bonds. The first-order valence-corrected chi connectivity index (χ1v) is 15.7. The van der Waals surface area contributed by atoms with Gasteiger partial charge in [-0.1, -0.05) is 83.9 Å². The van der Waals surface area contributed by atoms with Gasteiger partial charge in [-0.15, -0.1) is 0 Å². The SMILES string of the molecule is Cc1ccc(S(=O)(=O)N(CC(=O)N2CC(C(=O)NCCc3ccccc3)Oc3ccccc32)Cc2ccc(Cl)cc2)cc1. The summed E-state index contributed by atoms with van der Waals surface area (Å²) in [4.78, 5) is 28.6. The first-order valence-electron chi connectivity index (χ1n) is 13.9. The van der Waals surface area contributed by atoms with Crippen LogP contribution in [-0.4, -0.2) is 50.3 Å². The lowest BCUT2D eigenvalue weighted by atomic mass is 10.1. The highest BCUT2D eigenvalue weighted by molar-refractivity contribution is 7.89. The Bertz CT molecular complexity index is 1680. The lowest BCUT2D eigenvalue weighted by Crippen LogP contribution is -2.53. The zero-order chi connectivity index (χ0) is 30.4. The third kappa shape index (κ3) is 7.43. The Labute approximate surface area is 256 Å². The van der Waals surface area contributed by atoms with E-state index >= 15 is 0 Å². The van der Waals surface area contributed by atoms with Crippen molar-refractivity contribution in [3.63, 3.8) is 0 Å². The summed E-state index contributed by atoms with van der Waals surface area (Å²) in [6.45, 7) is 1.72. The Morgan fingerprint density at radius 2 is 1.58 bits per heavy atom. The number of nitrogens with zero attached hydrogens (tertiary/aromatic N) is 2. The number of benzene rings is 4. The first kappa shape index (κ1) is 30.3. The van der Waals surface area contributed by atoms with E-state index in [1.807, 2.05) is 37.3 Å². The van der Waals surface area contributed by atoms with Crippen molar-refractivity contribution in [1.82, 2.24) is 9.62 Å². The number of anilines is 1. The van der Waals surface area contributed by atoms with Crippen LogP contribution in [0.25, 0.3) is 0 Å². The van der Waals surface area contributed by atoms with Crippen molar-refractivity contribution in [3.8, 4) is 5.75 Å². The molecule has 10 heteroatoms. The molecule has 0 aromatic heterocycles. The molecule has 0 radical (unpaired) electrons. The highest BCUT2D eigenvalue weighted by Crippen LogP contribution is 2.33. The van der Waals surface area contributed by atoms with Crippen LogP contribution in [0.4, 0.5) is 5.69 Å². The molecule has 1 atom stereocenters. The maximum atomic E-state index is 13.9. The Balaban J connectivity index is 1.37. The maximum Gasteiger partial charge on any atom is 0.262 e. The molecule has 1 aliphatic rings. The number of amides is 2. The molecule has 0 aliphatic carbocycles. The minimum absolute atomic E-state index is 0.0471. The average molecular weight is 618 g/mol. The zero-order valence-electron chi connectivity index (χ0n) is 23.6. The topological polar surface area (TPSA) is 96.0 Å². The number of hydrogen-bond donors (Lipinski definition) is 1. The fourth-order valence-electron chi connectivity index (χ4n) is 4.81. The molecule has 0 saturated carbocycles. The number of para-hydroxylation sites is 2. The summed E-state index contributed by atoms with van der Waals surface area (Å²) in [5.41, 5.74) is 3.15. The molecule has 1 heterocycles. The molecule has 1 unspecified atom stereocenters. The first-order chi connectivity index (χ1) is 20.7. The summed E-state index contributed by atoms with van der Waals surface area (Å²) in [5.74, 6) is -0.466. The third-order valence-electron chi connectivity index (χ3n) is 7.17. The summed E-state index contributed by atoms with van der Waals surface area (Å²) < 4.78 is 34.8. The normalized spacial score (nSPS) is 14.6. The molecule has 0 saturated heterocycles. The minimum atomic E-state index is -4.06. The van der Waals surface area contributed by atoms with E-state index in [0.29, 0.717) is 35.0 Å². The van der Waals surface area contributed by atoms with Gasteiger partial charge in [-0.2, -0.15) is 4.31 Å². The predicted molar refractivity (Wildman–Crippen MR) is 167 cm³/mol. The van der Waals surface area contributed by atoms with Crippen LogP contribution in [0, 0.1) is 6.92 Å². The van der Waals surface area contributed by atoms with Crippen molar-refractivity contribution in [3.05, 3.63) is 125 Å². The molecule has 4 aromatic carbocycles. The van der Waals surface area contributed by atoms with Crippen LogP contribution in [0.1, 0.15) is 16.7 Å². The molecule has 222 valence electrons. The van der Waals surface area contributed by atoms with Gasteiger partial charge in [0.2, 0.25) is 15.9 Å². The summed E-state index contributed by atoms with van der Waals surface area (Å²) in [6, 6.07) is 30.0. The highest BCUT2D eigenvalue weighted by Gasteiger charge is 2.36. The van der Waals surface area contributed by atoms with Crippen LogP contribution < -0.4 is 15.0 Å². The van der Waals surface area contributed by atoms with Crippen molar-refractivity contribution in [2.75, 3.05) is 24.5 Å².